The van der Waals surface area contributed by atoms with Gasteiger partial charge in [-0.1, -0.05) is 5.16 Å². The van der Waals surface area contributed by atoms with Gasteiger partial charge < -0.3 is 9.42 Å². The van der Waals surface area contributed by atoms with Crippen molar-refractivity contribution in [3.8, 4) is 0 Å². The number of nitrogens with zero attached hydrogens (tertiary/aromatic N) is 4. The van der Waals surface area contributed by atoms with Gasteiger partial charge in [0.05, 0.1) is 24.4 Å². The van der Waals surface area contributed by atoms with E-state index in [-0.39, 0.29) is 18.4 Å². The predicted molar refractivity (Wildman–Crippen MR) is 89.6 cm³/mol. The lowest BCUT2D eigenvalue weighted by Gasteiger charge is -2.27. The van der Waals surface area contributed by atoms with Crippen LogP contribution in [0.15, 0.2) is 16.7 Å². The zero-order valence-corrected chi connectivity index (χ0v) is 14.8. The number of halogens is 1. The number of likely N-dealkylation sites (N-methyl/N-ethyl adjacent to an activating group) is 1. The van der Waals surface area contributed by atoms with E-state index in [1.54, 1.807) is 11.9 Å². The Morgan fingerprint density at radius 3 is 2.92 bits per heavy atom. The van der Waals surface area contributed by atoms with Crippen LogP contribution >= 0.6 is 0 Å². The highest BCUT2D eigenvalue weighted by Crippen LogP contribution is 2.23. The molecule has 8 heteroatoms. The number of aryl methyl sites for hydroxylation is 2. The molecule has 0 spiro atoms. The van der Waals surface area contributed by atoms with E-state index in [1.165, 1.54) is 0 Å². The van der Waals surface area contributed by atoms with E-state index in [0.29, 0.717) is 26.1 Å². The minimum absolute atomic E-state index is 0.0238. The second-order valence-electron chi connectivity index (χ2n) is 6.84. The van der Waals surface area contributed by atoms with Gasteiger partial charge in [-0.3, -0.25) is 14.8 Å². The smallest absolute Gasteiger partial charge is 0.228 e. The Balaban J connectivity index is 1.58. The van der Waals surface area contributed by atoms with Crippen LogP contribution in [0.4, 0.5) is 4.39 Å². The van der Waals surface area contributed by atoms with Crippen molar-refractivity contribution in [2.45, 2.75) is 45.4 Å². The van der Waals surface area contributed by atoms with Crippen molar-refractivity contribution < 1.29 is 13.7 Å². The largest absolute Gasteiger partial charge is 0.360 e. The molecule has 1 N–H and O–H groups in total. The molecule has 3 rings (SSSR count). The Labute approximate surface area is 146 Å². The third-order valence-corrected chi connectivity index (χ3v) is 4.51. The van der Waals surface area contributed by atoms with Crippen LogP contribution in [0.3, 0.4) is 0 Å². The van der Waals surface area contributed by atoms with Crippen molar-refractivity contribution in [1.82, 2.24) is 25.2 Å². The SMILES string of the molecule is Cc1cc(CN2C[C@@H](F)C[C@H]2CN(C)C(=O)Cc2cc(C)[nH]n2)on1. The average molecular weight is 349 g/mol. The van der Waals surface area contributed by atoms with E-state index in [9.17, 15) is 9.18 Å². The standard InChI is InChI=1S/C17H24FN5O2/c1-11-4-14(20-19-11)7-17(24)22(3)9-15-6-13(18)8-23(15)10-16-5-12(2)21-25-16/h4-5,13,15H,6-10H2,1-3H3,(H,19,20)/t13-,15-/m0/s1. The molecule has 0 unspecified atom stereocenters. The average Bonchev–Trinajstić information content (AvgIpc) is 3.22. The molecule has 0 bridgehead atoms. The predicted octanol–water partition coefficient (Wildman–Crippen LogP) is 1.63. The lowest BCUT2D eigenvalue weighted by atomic mass is 10.2. The number of H-pyrrole nitrogens is 1. The fourth-order valence-corrected chi connectivity index (χ4v) is 3.27. The quantitative estimate of drug-likeness (QED) is 0.858. The first-order valence-corrected chi connectivity index (χ1v) is 8.46. The molecule has 1 saturated heterocycles. The molecule has 2 atom stereocenters. The van der Waals surface area contributed by atoms with Crippen molar-refractivity contribution >= 4 is 5.91 Å². The first-order valence-electron chi connectivity index (χ1n) is 8.46. The van der Waals surface area contributed by atoms with Crippen LogP contribution in [0.1, 0.15) is 29.3 Å². The number of nitrogens with one attached hydrogen (secondary N) is 1. The zero-order valence-electron chi connectivity index (χ0n) is 14.8. The van der Waals surface area contributed by atoms with E-state index >= 15 is 0 Å². The van der Waals surface area contributed by atoms with Crippen LogP contribution in [-0.4, -0.2) is 63.4 Å². The molecular formula is C17H24FN5O2. The molecule has 136 valence electrons. The van der Waals surface area contributed by atoms with Crippen LogP contribution in [0.25, 0.3) is 0 Å². The molecule has 2 aromatic rings. The van der Waals surface area contributed by atoms with Crippen molar-refractivity contribution in [2.75, 3.05) is 20.1 Å². The van der Waals surface area contributed by atoms with Gasteiger partial charge in [-0.2, -0.15) is 5.10 Å². The van der Waals surface area contributed by atoms with Crippen LogP contribution in [0.5, 0.6) is 0 Å². The van der Waals surface area contributed by atoms with E-state index in [2.05, 4.69) is 15.4 Å². The summed E-state index contributed by atoms with van der Waals surface area (Å²) in [5.74, 6) is 0.696. The number of carbonyl (C=O) groups is 1. The maximum absolute atomic E-state index is 13.9. The van der Waals surface area contributed by atoms with Gasteiger partial charge in [0.1, 0.15) is 6.17 Å². The number of amides is 1. The monoisotopic (exact) mass is 349 g/mol. The highest BCUT2D eigenvalue weighted by molar-refractivity contribution is 5.78. The number of hydrogen-bond acceptors (Lipinski definition) is 5. The number of aromatic amines is 1. The van der Waals surface area contributed by atoms with Gasteiger partial charge in [0.2, 0.25) is 5.91 Å². The fourth-order valence-electron chi connectivity index (χ4n) is 3.27. The van der Waals surface area contributed by atoms with Crippen LogP contribution in [0, 0.1) is 13.8 Å². The van der Waals surface area contributed by atoms with E-state index in [1.807, 2.05) is 30.9 Å². The van der Waals surface area contributed by atoms with Crippen LogP contribution in [0.2, 0.25) is 0 Å². The zero-order chi connectivity index (χ0) is 18.0. The van der Waals surface area contributed by atoms with Crippen LogP contribution in [-0.2, 0) is 17.8 Å². The number of carbonyl (C=O) groups excluding carboxylic acids is 1. The summed E-state index contributed by atoms with van der Waals surface area (Å²) in [5, 5.41) is 10.8. The van der Waals surface area contributed by atoms with Crippen molar-refractivity contribution in [2.24, 2.45) is 0 Å². The van der Waals surface area contributed by atoms with Gasteiger partial charge in [0.25, 0.3) is 0 Å². The second kappa shape index (κ2) is 7.35. The summed E-state index contributed by atoms with van der Waals surface area (Å²) in [5.41, 5.74) is 2.46. The van der Waals surface area contributed by atoms with Crippen molar-refractivity contribution in [1.29, 1.82) is 0 Å². The normalized spacial score (nSPS) is 21.0. The molecule has 1 aliphatic heterocycles. The molecule has 3 heterocycles. The number of likely N-dealkylation sites (tertiary alicyclic amines) is 1. The summed E-state index contributed by atoms with van der Waals surface area (Å²) in [6.45, 7) is 5.09. The topological polar surface area (TPSA) is 78.3 Å². The summed E-state index contributed by atoms with van der Waals surface area (Å²) < 4.78 is 19.2. The molecule has 0 aliphatic carbocycles. The number of aromatic nitrogens is 3. The molecule has 2 aromatic heterocycles. The maximum Gasteiger partial charge on any atom is 0.228 e. The van der Waals surface area contributed by atoms with Gasteiger partial charge in [-0.15, -0.1) is 0 Å². The molecule has 0 radical (unpaired) electrons. The van der Waals surface area contributed by atoms with Gasteiger partial charge in [-0.05, 0) is 26.3 Å². The molecule has 0 saturated carbocycles. The molecular weight excluding hydrogens is 325 g/mol. The Hall–Kier alpha value is -2.22. The maximum atomic E-state index is 13.9. The van der Waals surface area contributed by atoms with Gasteiger partial charge in [0, 0.05) is 37.9 Å². The fraction of sp³-hybridized carbons (Fsp3) is 0.588. The van der Waals surface area contributed by atoms with Crippen molar-refractivity contribution in [3.05, 3.63) is 35.0 Å². The number of hydrogen-bond donors (Lipinski definition) is 1. The van der Waals surface area contributed by atoms with E-state index < -0.39 is 6.17 Å². The Morgan fingerprint density at radius 2 is 2.28 bits per heavy atom. The molecule has 1 amide bonds. The minimum atomic E-state index is -0.883. The highest BCUT2D eigenvalue weighted by Gasteiger charge is 2.34. The first-order chi connectivity index (χ1) is 11.9. The molecule has 7 nitrogen and oxygen atoms in total. The van der Waals surface area contributed by atoms with Crippen LogP contribution < -0.4 is 0 Å². The summed E-state index contributed by atoms with van der Waals surface area (Å²) >= 11 is 0. The molecule has 1 aliphatic rings. The lowest BCUT2D eigenvalue weighted by Crippen LogP contribution is -2.41. The first kappa shape index (κ1) is 17.6. The Kier molecular flexibility index (Phi) is 5.17. The second-order valence-corrected chi connectivity index (χ2v) is 6.84. The number of rotatable bonds is 6. The van der Waals surface area contributed by atoms with Crippen molar-refractivity contribution in [3.63, 3.8) is 0 Å². The highest BCUT2D eigenvalue weighted by atomic mass is 19.1. The molecule has 0 aromatic carbocycles. The summed E-state index contributed by atoms with van der Waals surface area (Å²) in [6.07, 6.45) is -0.216. The Morgan fingerprint density at radius 1 is 1.48 bits per heavy atom. The summed E-state index contributed by atoms with van der Waals surface area (Å²) in [4.78, 5) is 16.1. The molecule has 1 fully saturated rings. The third-order valence-electron chi connectivity index (χ3n) is 4.51. The molecule has 25 heavy (non-hydrogen) atoms. The third kappa shape index (κ3) is 4.45. The van der Waals surface area contributed by atoms with E-state index in [0.717, 1.165) is 22.8 Å². The van der Waals surface area contributed by atoms with Gasteiger partial charge in [-0.25, -0.2) is 4.39 Å². The number of alkyl halides is 1. The van der Waals surface area contributed by atoms with Gasteiger partial charge >= 0.3 is 0 Å². The summed E-state index contributed by atoms with van der Waals surface area (Å²) in [7, 11) is 1.75. The van der Waals surface area contributed by atoms with Gasteiger partial charge in [0.15, 0.2) is 5.76 Å². The summed E-state index contributed by atoms with van der Waals surface area (Å²) in [6, 6.07) is 3.68. The minimum Gasteiger partial charge on any atom is -0.360 e. The van der Waals surface area contributed by atoms with E-state index in [4.69, 9.17) is 4.52 Å². The lowest BCUT2D eigenvalue weighted by molar-refractivity contribution is -0.129. The Bertz CT molecular complexity index is 728.